The first-order valence-electron chi connectivity index (χ1n) is 7.89. The molecule has 0 aliphatic carbocycles. The van der Waals surface area contributed by atoms with Crippen LogP contribution in [0, 0.1) is 12.7 Å². The highest BCUT2D eigenvalue weighted by Crippen LogP contribution is 2.33. The summed E-state index contributed by atoms with van der Waals surface area (Å²) >= 11 is 1.46. The average molecular weight is 349 g/mol. The van der Waals surface area contributed by atoms with Crippen molar-refractivity contribution in [2.75, 3.05) is 7.11 Å². The summed E-state index contributed by atoms with van der Waals surface area (Å²) in [6.07, 6.45) is 0. The minimum absolute atomic E-state index is 0.0330. The molecular weight excluding hydrogens is 325 g/mol. The molecular formula is C19H24FNO2S. The largest absolute Gasteiger partial charge is 0.465 e. The highest BCUT2D eigenvalue weighted by Gasteiger charge is 2.23. The fraction of sp³-hybridized carbons (Fsp3) is 0.421. The van der Waals surface area contributed by atoms with Crippen molar-refractivity contribution >= 4 is 17.3 Å². The lowest BCUT2D eigenvalue weighted by Crippen LogP contribution is -2.15. The van der Waals surface area contributed by atoms with E-state index in [2.05, 4.69) is 26.1 Å². The Morgan fingerprint density at radius 3 is 2.46 bits per heavy atom. The Morgan fingerprint density at radius 2 is 1.88 bits per heavy atom. The van der Waals surface area contributed by atoms with Crippen LogP contribution in [-0.4, -0.2) is 13.1 Å². The van der Waals surface area contributed by atoms with Crippen LogP contribution in [0.25, 0.3) is 0 Å². The topological polar surface area (TPSA) is 38.3 Å². The van der Waals surface area contributed by atoms with E-state index in [-0.39, 0.29) is 17.2 Å². The van der Waals surface area contributed by atoms with Crippen molar-refractivity contribution in [2.24, 2.45) is 0 Å². The van der Waals surface area contributed by atoms with E-state index in [1.807, 2.05) is 19.1 Å². The molecule has 1 N–H and O–H groups in total. The third-order valence-corrected chi connectivity index (χ3v) is 5.34. The fourth-order valence-electron chi connectivity index (χ4n) is 2.32. The van der Waals surface area contributed by atoms with Crippen molar-refractivity contribution in [3.8, 4) is 0 Å². The Bertz CT molecular complexity index is 731. The zero-order chi connectivity index (χ0) is 17.9. The number of rotatable bonds is 5. The number of hydrogen-bond acceptors (Lipinski definition) is 4. The second-order valence-corrected chi connectivity index (χ2v) is 7.96. The summed E-state index contributed by atoms with van der Waals surface area (Å²) < 4.78 is 18.8. The lowest BCUT2D eigenvalue weighted by Gasteiger charge is -2.15. The van der Waals surface area contributed by atoms with Gasteiger partial charge in [0.25, 0.3) is 0 Å². The molecule has 1 heterocycles. The van der Waals surface area contributed by atoms with Crippen LogP contribution >= 0.6 is 11.3 Å². The lowest BCUT2D eigenvalue weighted by molar-refractivity contribution is 0.0605. The third-order valence-electron chi connectivity index (χ3n) is 3.76. The summed E-state index contributed by atoms with van der Waals surface area (Å²) in [5.74, 6) is -0.537. The van der Waals surface area contributed by atoms with E-state index in [1.54, 1.807) is 6.07 Å². The molecule has 3 nitrogen and oxygen atoms in total. The molecule has 0 fully saturated rings. The number of benzene rings is 1. The minimum atomic E-state index is -0.325. The third kappa shape index (κ3) is 4.42. The second kappa shape index (κ2) is 7.45. The van der Waals surface area contributed by atoms with Crippen LogP contribution in [0.3, 0.4) is 0 Å². The number of esters is 1. The van der Waals surface area contributed by atoms with E-state index in [1.165, 1.54) is 24.5 Å². The molecule has 0 spiro atoms. The van der Waals surface area contributed by atoms with Gasteiger partial charge in [0.1, 0.15) is 10.7 Å². The number of ether oxygens (including phenoxy) is 1. The van der Waals surface area contributed by atoms with Crippen LogP contribution in [0.1, 0.15) is 52.0 Å². The predicted octanol–water partition coefficient (Wildman–Crippen LogP) is 4.57. The number of nitrogens with one attached hydrogen (secondary N) is 1. The van der Waals surface area contributed by atoms with Gasteiger partial charge in [-0.25, -0.2) is 9.18 Å². The smallest absolute Gasteiger partial charge is 0.348 e. The van der Waals surface area contributed by atoms with Gasteiger partial charge >= 0.3 is 5.97 Å². The van der Waals surface area contributed by atoms with E-state index in [0.29, 0.717) is 23.5 Å². The molecule has 0 radical (unpaired) electrons. The Morgan fingerprint density at radius 1 is 1.21 bits per heavy atom. The normalized spacial score (nSPS) is 11.6. The first kappa shape index (κ1) is 18.6. The first-order valence-corrected chi connectivity index (χ1v) is 8.71. The van der Waals surface area contributed by atoms with E-state index in [9.17, 15) is 9.18 Å². The van der Waals surface area contributed by atoms with Gasteiger partial charge in [-0.1, -0.05) is 32.9 Å². The maximum absolute atomic E-state index is 13.9. The molecule has 0 amide bonds. The van der Waals surface area contributed by atoms with Gasteiger partial charge in [-0.2, -0.15) is 0 Å². The summed E-state index contributed by atoms with van der Waals surface area (Å²) in [6, 6.07) is 7.24. The molecule has 5 heteroatoms. The van der Waals surface area contributed by atoms with E-state index in [0.717, 1.165) is 16.0 Å². The molecule has 0 saturated heterocycles. The van der Waals surface area contributed by atoms with Crippen molar-refractivity contribution in [1.29, 1.82) is 0 Å². The maximum atomic E-state index is 13.9. The summed E-state index contributed by atoms with van der Waals surface area (Å²) in [5, 5.41) is 3.22. The van der Waals surface area contributed by atoms with Crippen molar-refractivity contribution < 1.29 is 13.9 Å². The molecule has 0 aliphatic rings. The average Bonchev–Trinajstić information content (AvgIpc) is 2.93. The number of thiophene rings is 1. The highest BCUT2D eigenvalue weighted by molar-refractivity contribution is 7.14. The number of methoxy groups -OCH3 is 1. The Kier molecular flexibility index (Phi) is 5.78. The Labute approximate surface area is 146 Å². The number of carbonyl (C=O) groups is 1. The molecule has 0 atom stereocenters. The van der Waals surface area contributed by atoms with Gasteiger partial charge in [-0.15, -0.1) is 11.3 Å². The van der Waals surface area contributed by atoms with Crippen LogP contribution in [0.4, 0.5) is 4.39 Å². The van der Waals surface area contributed by atoms with Crippen molar-refractivity contribution in [3.05, 3.63) is 56.5 Å². The number of carbonyl (C=O) groups excluding carboxylic acids is 1. The van der Waals surface area contributed by atoms with Gasteiger partial charge in [0.2, 0.25) is 0 Å². The fourth-order valence-corrected chi connectivity index (χ4v) is 3.48. The highest BCUT2D eigenvalue weighted by atomic mass is 32.1. The van der Waals surface area contributed by atoms with E-state index >= 15 is 0 Å². The predicted molar refractivity (Wildman–Crippen MR) is 96.0 cm³/mol. The summed E-state index contributed by atoms with van der Waals surface area (Å²) in [6.45, 7) is 9.09. The molecule has 2 rings (SSSR count). The summed E-state index contributed by atoms with van der Waals surface area (Å²) in [5.41, 5.74) is 2.38. The standard InChI is InChI=1S/C19H24FNO2S/c1-12-6-7-13(15(20)8-12)10-21-11-14-9-16(19(2,3)4)24-17(14)18(22)23-5/h6-9,21H,10-11H2,1-5H3. The van der Waals surface area contributed by atoms with Crippen LogP contribution in [-0.2, 0) is 23.2 Å². The van der Waals surface area contributed by atoms with Crippen LogP contribution in [0.2, 0.25) is 0 Å². The quantitative estimate of drug-likeness (QED) is 0.804. The first-order chi connectivity index (χ1) is 11.2. The molecule has 0 saturated carbocycles. The molecule has 2 aromatic rings. The number of halogens is 1. The van der Waals surface area contributed by atoms with Crippen LogP contribution in [0.15, 0.2) is 24.3 Å². The molecule has 130 valence electrons. The SMILES string of the molecule is COC(=O)c1sc(C(C)(C)C)cc1CNCc1ccc(C)cc1F. The molecule has 1 aromatic carbocycles. The number of aryl methyl sites for hydroxylation is 1. The zero-order valence-electron chi connectivity index (χ0n) is 14.8. The van der Waals surface area contributed by atoms with Gasteiger partial charge in [-0.05, 0) is 35.6 Å². The molecule has 0 aliphatic heterocycles. The summed E-state index contributed by atoms with van der Waals surface area (Å²) in [7, 11) is 1.39. The Balaban J connectivity index is 2.13. The van der Waals surface area contributed by atoms with Crippen molar-refractivity contribution in [1.82, 2.24) is 5.32 Å². The van der Waals surface area contributed by atoms with Gasteiger partial charge in [0.05, 0.1) is 7.11 Å². The molecule has 0 unspecified atom stereocenters. The van der Waals surface area contributed by atoms with E-state index < -0.39 is 0 Å². The second-order valence-electron chi connectivity index (χ2n) is 6.91. The van der Waals surface area contributed by atoms with Gasteiger partial charge in [0.15, 0.2) is 0 Å². The maximum Gasteiger partial charge on any atom is 0.348 e. The molecule has 24 heavy (non-hydrogen) atoms. The molecule has 1 aromatic heterocycles. The monoisotopic (exact) mass is 349 g/mol. The number of hydrogen-bond donors (Lipinski definition) is 1. The van der Waals surface area contributed by atoms with Crippen molar-refractivity contribution in [2.45, 2.75) is 46.2 Å². The summed E-state index contributed by atoms with van der Waals surface area (Å²) in [4.78, 5) is 13.7. The molecule has 0 bridgehead atoms. The van der Waals surface area contributed by atoms with Crippen LogP contribution in [0.5, 0.6) is 0 Å². The van der Waals surface area contributed by atoms with Crippen LogP contribution < -0.4 is 5.32 Å². The van der Waals surface area contributed by atoms with Gasteiger partial charge < -0.3 is 10.1 Å². The van der Waals surface area contributed by atoms with Gasteiger partial charge in [0, 0.05) is 23.5 Å². The minimum Gasteiger partial charge on any atom is -0.465 e. The van der Waals surface area contributed by atoms with Crippen molar-refractivity contribution in [3.63, 3.8) is 0 Å². The van der Waals surface area contributed by atoms with Gasteiger partial charge in [-0.3, -0.25) is 0 Å². The van der Waals surface area contributed by atoms with E-state index in [4.69, 9.17) is 4.74 Å². The zero-order valence-corrected chi connectivity index (χ0v) is 15.6. The Hall–Kier alpha value is -1.72. The lowest BCUT2D eigenvalue weighted by atomic mass is 9.94.